The van der Waals surface area contributed by atoms with Gasteiger partial charge in [0.25, 0.3) is 11.8 Å². The minimum atomic E-state index is -2.12. The van der Waals surface area contributed by atoms with Gasteiger partial charge in [-0.15, -0.1) is 12.6 Å². The van der Waals surface area contributed by atoms with Gasteiger partial charge in [-0.05, 0) is 68.4 Å². The zero-order valence-corrected chi connectivity index (χ0v) is 20.4. The number of carbonyl (C=O) groups is 2. The number of pyridine rings is 1. The number of aromatic hydroxyl groups is 1. The third-order valence-corrected chi connectivity index (χ3v) is 7.35. The molecule has 2 amide bonds. The highest BCUT2D eigenvalue weighted by Crippen LogP contribution is 2.47. The summed E-state index contributed by atoms with van der Waals surface area (Å²) < 4.78 is 21.4. The van der Waals surface area contributed by atoms with Crippen LogP contribution < -0.4 is 10.8 Å². The van der Waals surface area contributed by atoms with Crippen molar-refractivity contribution >= 4 is 24.4 Å². The van der Waals surface area contributed by atoms with Crippen LogP contribution in [-0.2, 0) is 9.57 Å². The minimum absolute atomic E-state index is 0.0337. The molecule has 3 N–H and O–H groups in total. The Morgan fingerprint density at radius 1 is 1.23 bits per heavy atom. The lowest BCUT2D eigenvalue weighted by Crippen LogP contribution is -2.52. The van der Waals surface area contributed by atoms with E-state index in [1.54, 1.807) is 30.3 Å². The van der Waals surface area contributed by atoms with E-state index in [0.29, 0.717) is 25.7 Å². The molecule has 35 heavy (non-hydrogen) atoms. The maximum Gasteiger partial charge on any atom is 0.276 e. The Kier molecular flexibility index (Phi) is 7.63. The van der Waals surface area contributed by atoms with E-state index in [0.717, 1.165) is 5.56 Å². The summed E-state index contributed by atoms with van der Waals surface area (Å²) in [6.07, 6.45) is 5.42. The smallest absolute Gasteiger partial charge is 0.276 e. The summed E-state index contributed by atoms with van der Waals surface area (Å²) in [6, 6.07) is 8.04. The molecule has 4 rings (SSSR count). The second-order valence-electron chi connectivity index (χ2n) is 9.32. The monoisotopic (exact) mass is 503 g/mol. The number of benzene rings is 1. The summed E-state index contributed by atoms with van der Waals surface area (Å²) in [5, 5.41) is 13.0. The van der Waals surface area contributed by atoms with Crippen LogP contribution in [-0.4, -0.2) is 45.3 Å². The van der Waals surface area contributed by atoms with Crippen LogP contribution in [0.25, 0.3) is 0 Å². The second-order valence-corrected chi connectivity index (χ2v) is 10.1. The van der Waals surface area contributed by atoms with Crippen LogP contribution in [0.15, 0.2) is 42.7 Å². The molecule has 2 unspecified atom stereocenters. The maximum absolute atomic E-state index is 15.5. The zero-order chi connectivity index (χ0) is 25.1. The predicted molar refractivity (Wildman–Crippen MR) is 130 cm³/mol. The van der Waals surface area contributed by atoms with E-state index in [1.807, 2.05) is 6.92 Å². The number of ether oxygens (including phenoxy) is 1. The topological polar surface area (TPSA) is 110 Å². The van der Waals surface area contributed by atoms with E-state index >= 15 is 4.39 Å². The maximum atomic E-state index is 15.5. The predicted octanol–water partition coefficient (Wildman–Crippen LogP) is 3.85. The Labute approximate surface area is 209 Å². The van der Waals surface area contributed by atoms with Gasteiger partial charge in [-0.3, -0.25) is 14.6 Å². The molecule has 1 aliphatic heterocycles. The van der Waals surface area contributed by atoms with Gasteiger partial charge in [0.15, 0.2) is 0 Å². The number of aromatic nitrogens is 1. The van der Waals surface area contributed by atoms with Gasteiger partial charge in [0.2, 0.25) is 5.85 Å². The Bertz CT molecular complexity index is 1070. The Balaban J connectivity index is 1.30. The van der Waals surface area contributed by atoms with Gasteiger partial charge in [0.05, 0.1) is 17.7 Å². The molecule has 2 heterocycles. The summed E-state index contributed by atoms with van der Waals surface area (Å²) in [5.41, 5.74) is 3.57. The highest BCUT2D eigenvalue weighted by molar-refractivity contribution is 7.81. The van der Waals surface area contributed by atoms with Gasteiger partial charge in [-0.25, -0.2) is 14.7 Å². The number of halogens is 1. The molecule has 8 nitrogen and oxygen atoms in total. The zero-order valence-electron chi connectivity index (χ0n) is 19.5. The molecule has 10 heteroatoms. The number of hydroxylamine groups is 1. The van der Waals surface area contributed by atoms with E-state index < -0.39 is 16.7 Å². The first kappa shape index (κ1) is 25.4. The first-order valence-corrected chi connectivity index (χ1v) is 12.2. The van der Waals surface area contributed by atoms with Gasteiger partial charge in [-0.1, -0.05) is 6.07 Å². The number of phenols is 1. The van der Waals surface area contributed by atoms with Crippen molar-refractivity contribution in [3.05, 3.63) is 59.4 Å². The molecule has 0 radical (unpaired) electrons. The van der Waals surface area contributed by atoms with E-state index in [-0.39, 0.29) is 54.2 Å². The molecule has 1 saturated carbocycles. The van der Waals surface area contributed by atoms with Gasteiger partial charge < -0.3 is 15.2 Å². The van der Waals surface area contributed by atoms with Crippen LogP contribution in [0.2, 0.25) is 0 Å². The average Bonchev–Trinajstić information content (AvgIpc) is 2.83. The van der Waals surface area contributed by atoms with Crippen molar-refractivity contribution in [1.29, 1.82) is 0 Å². The largest absolute Gasteiger partial charge is 0.507 e. The quantitative estimate of drug-likeness (QED) is 0.352. The van der Waals surface area contributed by atoms with E-state index in [9.17, 15) is 14.7 Å². The standard InChI is InChI=1S/C25H30FN3O5S/c1-16-4-9-20(21(30)13-16)23(32)28-19-7-5-18(6-8-19)25(35)15-24(26,10-12-33-25)34-29-22(31)17-3-2-11-27-14-17/h2-4,9,11,13-14,18-19,30,35H,5-8,10,12,15H2,1H3,(H,28,32)(H,29,31). The van der Waals surface area contributed by atoms with Crippen molar-refractivity contribution in [2.45, 2.75) is 62.3 Å². The number of nitrogens with one attached hydrogen (secondary N) is 2. The van der Waals surface area contributed by atoms with Gasteiger partial charge in [0, 0.05) is 31.3 Å². The molecule has 188 valence electrons. The van der Waals surface area contributed by atoms with Crippen molar-refractivity contribution in [1.82, 2.24) is 15.8 Å². The van der Waals surface area contributed by atoms with Crippen molar-refractivity contribution in [2.24, 2.45) is 5.92 Å². The summed E-state index contributed by atoms with van der Waals surface area (Å²) in [7, 11) is 0. The van der Waals surface area contributed by atoms with Crippen molar-refractivity contribution < 1.29 is 28.7 Å². The van der Waals surface area contributed by atoms with E-state index in [4.69, 9.17) is 22.2 Å². The normalized spacial score (nSPS) is 28.8. The number of hydrogen-bond donors (Lipinski definition) is 4. The number of aryl methyl sites for hydroxylation is 1. The molecule has 2 fully saturated rings. The molecule has 2 aromatic rings. The molecule has 0 spiro atoms. The van der Waals surface area contributed by atoms with E-state index in [2.05, 4.69) is 15.8 Å². The number of carbonyl (C=O) groups excluding carboxylic acids is 2. The Morgan fingerprint density at radius 2 is 2.00 bits per heavy atom. The molecule has 1 aromatic heterocycles. The summed E-state index contributed by atoms with van der Waals surface area (Å²) in [5.74, 6) is -3.12. The number of hydrogen-bond acceptors (Lipinski definition) is 7. The molecule has 0 bridgehead atoms. The van der Waals surface area contributed by atoms with Crippen molar-refractivity contribution in [2.75, 3.05) is 6.61 Å². The summed E-state index contributed by atoms with van der Waals surface area (Å²) in [4.78, 5) is 32.8. The van der Waals surface area contributed by atoms with Crippen LogP contribution in [0, 0.1) is 12.8 Å². The molecule has 2 atom stereocenters. The van der Waals surface area contributed by atoms with Crippen LogP contribution in [0.5, 0.6) is 5.75 Å². The number of alkyl halides is 1. The first-order chi connectivity index (χ1) is 16.7. The van der Waals surface area contributed by atoms with Crippen LogP contribution in [0.4, 0.5) is 4.39 Å². The lowest BCUT2D eigenvalue weighted by Gasteiger charge is -2.46. The Morgan fingerprint density at radius 3 is 2.69 bits per heavy atom. The molecular formula is C25H30FN3O5S. The van der Waals surface area contributed by atoms with Gasteiger partial charge >= 0.3 is 0 Å². The minimum Gasteiger partial charge on any atom is -0.507 e. The third-order valence-electron chi connectivity index (χ3n) is 6.69. The molecule has 2 aliphatic rings. The molecular weight excluding hydrogens is 473 g/mol. The van der Waals surface area contributed by atoms with Crippen LogP contribution in [0.3, 0.4) is 0 Å². The molecule has 1 aliphatic carbocycles. The average molecular weight is 504 g/mol. The number of nitrogens with zero attached hydrogens (tertiary/aromatic N) is 1. The highest BCUT2D eigenvalue weighted by Gasteiger charge is 2.50. The van der Waals surface area contributed by atoms with Crippen molar-refractivity contribution in [3.8, 4) is 5.75 Å². The lowest BCUT2D eigenvalue weighted by molar-refractivity contribution is -0.246. The van der Waals surface area contributed by atoms with Crippen LogP contribution >= 0.6 is 12.6 Å². The number of rotatable bonds is 6. The highest BCUT2D eigenvalue weighted by atomic mass is 32.1. The number of amides is 2. The number of phenolic OH excluding ortho intramolecular Hbond substituents is 1. The van der Waals surface area contributed by atoms with Gasteiger partial charge in [-0.2, -0.15) is 0 Å². The molecule has 1 aromatic carbocycles. The third kappa shape index (κ3) is 6.12. The summed E-state index contributed by atoms with van der Waals surface area (Å²) in [6.45, 7) is 1.95. The fourth-order valence-corrected chi connectivity index (χ4v) is 5.31. The fraction of sp³-hybridized carbons (Fsp3) is 0.480. The SMILES string of the molecule is Cc1ccc(C(=O)NC2CCC(C3(S)CC(F)(ONC(=O)c4cccnc4)CCO3)CC2)c(O)c1. The molecule has 1 saturated heterocycles. The van der Waals surface area contributed by atoms with Gasteiger partial charge in [0.1, 0.15) is 10.7 Å². The Hall–Kier alpha value is -2.69. The second kappa shape index (κ2) is 10.5. The number of thiol groups is 1. The first-order valence-electron chi connectivity index (χ1n) is 11.7. The van der Waals surface area contributed by atoms with Crippen LogP contribution in [0.1, 0.15) is 64.8 Å². The lowest BCUT2D eigenvalue weighted by atomic mass is 9.79. The van der Waals surface area contributed by atoms with Crippen molar-refractivity contribution in [3.63, 3.8) is 0 Å². The van der Waals surface area contributed by atoms with E-state index in [1.165, 1.54) is 12.4 Å². The fourth-order valence-electron chi connectivity index (χ4n) is 4.73. The summed E-state index contributed by atoms with van der Waals surface area (Å²) >= 11 is 4.72.